The Morgan fingerprint density at radius 1 is 1.57 bits per heavy atom. The van der Waals surface area contributed by atoms with Gasteiger partial charge in [-0.25, -0.2) is 9.18 Å². The molecule has 1 atom stereocenters. The molecule has 0 spiro atoms. The van der Waals surface area contributed by atoms with Crippen molar-refractivity contribution in [1.29, 1.82) is 5.26 Å². The SMILES string of the molecule is CN1CC[C@H](NC(=O)NCc2cc(C#N)ccc2F)C1=O. The van der Waals surface area contributed by atoms with E-state index in [1.807, 2.05) is 6.07 Å². The Bertz CT molecular complexity index is 611. The lowest BCUT2D eigenvalue weighted by molar-refractivity contribution is -0.128. The highest BCUT2D eigenvalue weighted by Gasteiger charge is 2.30. The number of nitrogens with one attached hydrogen (secondary N) is 2. The van der Waals surface area contributed by atoms with E-state index in [2.05, 4.69) is 10.6 Å². The average molecular weight is 290 g/mol. The molecule has 2 N–H and O–H groups in total. The Balaban J connectivity index is 1.90. The van der Waals surface area contributed by atoms with Gasteiger partial charge in [-0.05, 0) is 24.6 Å². The summed E-state index contributed by atoms with van der Waals surface area (Å²) in [6.45, 7) is 0.548. The van der Waals surface area contributed by atoms with E-state index in [4.69, 9.17) is 5.26 Å². The third-order valence-electron chi connectivity index (χ3n) is 3.35. The second-order valence-corrected chi connectivity index (χ2v) is 4.85. The van der Waals surface area contributed by atoms with E-state index in [1.54, 1.807) is 11.9 Å². The molecule has 1 fully saturated rings. The van der Waals surface area contributed by atoms with Gasteiger partial charge in [0.1, 0.15) is 11.9 Å². The minimum Gasteiger partial charge on any atom is -0.344 e. The molecule has 0 aliphatic carbocycles. The maximum atomic E-state index is 13.5. The first-order chi connectivity index (χ1) is 10.0. The van der Waals surface area contributed by atoms with Gasteiger partial charge in [-0.3, -0.25) is 4.79 Å². The Morgan fingerprint density at radius 2 is 2.33 bits per heavy atom. The maximum Gasteiger partial charge on any atom is 0.315 e. The predicted octanol–water partition coefficient (Wildman–Crippen LogP) is 0.727. The van der Waals surface area contributed by atoms with Crippen molar-refractivity contribution in [2.45, 2.75) is 19.0 Å². The molecule has 110 valence electrons. The van der Waals surface area contributed by atoms with Crippen molar-refractivity contribution in [3.8, 4) is 6.07 Å². The van der Waals surface area contributed by atoms with Crippen LogP contribution in [-0.2, 0) is 11.3 Å². The largest absolute Gasteiger partial charge is 0.344 e. The number of benzene rings is 1. The topological polar surface area (TPSA) is 85.2 Å². The molecule has 1 aromatic rings. The van der Waals surface area contributed by atoms with Gasteiger partial charge < -0.3 is 15.5 Å². The van der Waals surface area contributed by atoms with Crippen LogP contribution < -0.4 is 10.6 Å². The fourth-order valence-electron chi connectivity index (χ4n) is 2.12. The van der Waals surface area contributed by atoms with Crippen molar-refractivity contribution in [2.75, 3.05) is 13.6 Å². The van der Waals surface area contributed by atoms with Gasteiger partial charge in [0.15, 0.2) is 0 Å². The van der Waals surface area contributed by atoms with E-state index in [0.717, 1.165) is 0 Å². The molecule has 2 rings (SSSR count). The second kappa shape index (κ2) is 6.22. The molecule has 1 aliphatic heterocycles. The lowest BCUT2D eigenvalue weighted by Crippen LogP contribution is -2.45. The number of rotatable bonds is 3. The number of carbonyl (C=O) groups is 2. The molecule has 0 saturated carbocycles. The number of urea groups is 1. The summed E-state index contributed by atoms with van der Waals surface area (Å²) in [6, 6.07) is 4.76. The number of nitriles is 1. The van der Waals surface area contributed by atoms with Crippen molar-refractivity contribution in [2.24, 2.45) is 0 Å². The van der Waals surface area contributed by atoms with Gasteiger partial charge in [0.25, 0.3) is 0 Å². The van der Waals surface area contributed by atoms with Crippen molar-refractivity contribution in [3.63, 3.8) is 0 Å². The third kappa shape index (κ3) is 3.48. The van der Waals surface area contributed by atoms with Gasteiger partial charge in [0.05, 0.1) is 11.6 Å². The Labute approximate surface area is 121 Å². The molecule has 1 aliphatic rings. The number of likely N-dealkylation sites (tertiary alicyclic amines) is 1. The molecule has 1 heterocycles. The highest BCUT2D eigenvalue weighted by atomic mass is 19.1. The first-order valence-corrected chi connectivity index (χ1v) is 6.49. The van der Waals surface area contributed by atoms with Crippen LogP contribution in [-0.4, -0.2) is 36.5 Å². The number of nitrogens with zero attached hydrogens (tertiary/aromatic N) is 2. The lowest BCUT2D eigenvalue weighted by atomic mass is 10.1. The number of halogens is 1. The predicted molar refractivity (Wildman–Crippen MR) is 72.5 cm³/mol. The number of hydrogen-bond acceptors (Lipinski definition) is 3. The Morgan fingerprint density at radius 3 is 2.95 bits per heavy atom. The van der Waals surface area contributed by atoms with Crippen LogP contribution >= 0.6 is 0 Å². The van der Waals surface area contributed by atoms with Crippen LogP contribution in [0.2, 0.25) is 0 Å². The highest BCUT2D eigenvalue weighted by Crippen LogP contribution is 2.10. The van der Waals surface area contributed by atoms with Gasteiger partial charge >= 0.3 is 6.03 Å². The summed E-state index contributed by atoms with van der Waals surface area (Å²) in [4.78, 5) is 24.9. The molecule has 0 bridgehead atoms. The zero-order valence-corrected chi connectivity index (χ0v) is 11.5. The number of amides is 3. The minimum absolute atomic E-state index is 0.0517. The van der Waals surface area contributed by atoms with E-state index < -0.39 is 17.9 Å². The Kier molecular flexibility index (Phi) is 4.38. The first kappa shape index (κ1) is 14.8. The molecular formula is C14H15FN4O2. The summed E-state index contributed by atoms with van der Waals surface area (Å²) >= 11 is 0. The van der Waals surface area contributed by atoms with E-state index in [-0.39, 0.29) is 18.0 Å². The number of hydrogen-bond donors (Lipinski definition) is 2. The van der Waals surface area contributed by atoms with Crippen LogP contribution in [0.25, 0.3) is 0 Å². The standard InChI is InChI=1S/C14H15FN4O2/c1-19-5-4-12(13(19)20)18-14(21)17-8-10-6-9(7-16)2-3-11(10)15/h2-3,6,12H,4-5,8H2,1H3,(H2,17,18,21)/t12-/m0/s1. The highest BCUT2D eigenvalue weighted by molar-refractivity contribution is 5.88. The average Bonchev–Trinajstić information content (AvgIpc) is 2.78. The van der Waals surface area contributed by atoms with Crippen LogP contribution in [0.1, 0.15) is 17.5 Å². The summed E-state index contributed by atoms with van der Waals surface area (Å²) in [5.74, 6) is -0.631. The summed E-state index contributed by atoms with van der Waals surface area (Å²) in [5.41, 5.74) is 0.542. The molecule has 0 radical (unpaired) electrons. The molecule has 3 amide bonds. The molecule has 1 aromatic carbocycles. The molecule has 21 heavy (non-hydrogen) atoms. The summed E-state index contributed by atoms with van der Waals surface area (Å²) in [7, 11) is 1.67. The van der Waals surface area contributed by atoms with Crippen LogP contribution in [0.15, 0.2) is 18.2 Å². The second-order valence-electron chi connectivity index (χ2n) is 4.85. The van der Waals surface area contributed by atoms with Crippen LogP contribution in [0, 0.1) is 17.1 Å². The third-order valence-corrected chi connectivity index (χ3v) is 3.35. The van der Waals surface area contributed by atoms with Crippen molar-refractivity contribution < 1.29 is 14.0 Å². The van der Waals surface area contributed by atoms with E-state index in [1.165, 1.54) is 18.2 Å². The summed E-state index contributed by atoms with van der Waals surface area (Å²) in [6.07, 6.45) is 0.557. The monoisotopic (exact) mass is 290 g/mol. The van der Waals surface area contributed by atoms with Crippen LogP contribution in [0.5, 0.6) is 0 Å². The molecule has 0 unspecified atom stereocenters. The molecule has 1 saturated heterocycles. The van der Waals surface area contributed by atoms with Crippen LogP contribution in [0.4, 0.5) is 9.18 Å². The van der Waals surface area contributed by atoms with Gasteiger partial charge in [0.2, 0.25) is 5.91 Å². The summed E-state index contributed by atoms with van der Waals surface area (Å²) in [5, 5.41) is 13.8. The van der Waals surface area contributed by atoms with E-state index >= 15 is 0 Å². The Hall–Kier alpha value is -2.62. The van der Waals surface area contributed by atoms with E-state index in [0.29, 0.717) is 18.5 Å². The van der Waals surface area contributed by atoms with Crippen molar-refractivity contribution in [1.82, 2.24) is 15.5 Å². The van der Waals surface area contributed by atoms with Gasteiger partial charge in [-0.1, -0.05) is 0 Å². The van der Waals surface area contributed by atoms with Gasteiger partial charge in [0, 0.05) is 25.7 Å². The van der Waals surface area contributed by atoms with Crippen molar-refractivity contribution >= 4 is 11.9 Å². The van der Waals surface area contributed by atoms with E-state index in [9.17, 15) is 14.0 Å². The van der Waals surface area contributed by atoms with Gasteiger partial charge in [-0.15, -0.1) is 0 Å². The van der Waals surface area contributed by atoms with Crippen LogP contribution in [0.3, 0.4) is 0 Å². The molecule has 7 heteroatoms. The number of likely N-dealkylation sites (N-methyl/N-ethyl adjacent to an activating group) is 1. The molecular weight excluding hydrogens is 275 g/mol. The minimum atomic E-state index is -0.537. The smallest absolute Gasteiger partial charge is 0.315 e. The zero-order chi connectivity index (χ0) is 15.4. The quantitative estimate of drug-likeness (QED) is 0.860. The first-order valence-electron chi connectivity index (χ1n) is 6.49. The fraction of sp³-hybridized carbons (Fsp3) is 0.357. The lowest BCUT2D eigenvalue weighted by Gasteiger charge is -2.13. The summed E-state index contributed by atoms with van der Waals surface area (Å²) < 4.78 is 13.5. The fourth-order valence-corrected chi connectivity index (χ4v) is 2.12. The maximum absolute atomic E-state index is 13.5. The zero-order valence-electron chi connectivity index (χ0n) is 11.5. The van der Waals surface area contributed by atoms with Gasteiger partial charge in [-0.2, -0.15) is 5.26 Å². The van der Waals surface area contributed by atoms with Crippen molar-refractivity contribution in [3.05, 3.63) is 35.1 Å². The number of carbonyl (C=O) groups excluding carboxylic acids is 2. The molecule has 6 nitrogen and oxygen atoms in total. The molecule has 0 aromatic heterocycles. The normalized spacial score (nSPS) is 17.5.